The predicted octanol–water partition coefficient (Wildman–Crippen LogP) is 2.27. The highest BCUT2D eigenvalue weighted by Gasteiger charge is 2.15. The Morgan fingerprint density at radius 1 is 1.09 bits per heavy atom. The number of urea groups is 1. The van der Waals surface area contributed by atoms with Gasteiger partial charge in [-0.1, -0.05) is 6.07 Å². The third-order valence-electron chi connectivity index (χ3n) is 4.64. The van der Waals surface area contributed by atoms with E-state index in [1.807, 2.05) is 25.1 Å². The number of carbonyl (C=O) groups excluding carboxylic acids is 1. The summed E-state index contributed by atoms with van der Waals surface area (Å²) in [7, 11) is -3.30. The van der Waals surface area contributed by atoms with Crippen molar-refractivity contribution in [2.45, 2.75) is 13.5 Å². The van der Waals surface area contributed by atoms with Crippen LogP contribution in [0.4, 0.5) is 10.7 Å². The van der Waals surface area contributed by atoms with Crippen LogP contribution in [0, 0.1) is 0 Å². The van der Waals surface area contributed by atoms with E-state index in [1.54, 1.807) is 30.7 Å². The quantitative estimate of drug-likeness (QED) is 0.326. The van der Waals surface area contributed by atoms with Crippen LogP contribution < -0.4 is 15.4 Å². The number of fused-ring (bicyclic) bond motifs is 1. The van der Waals surface area contributed by atoms with E-state index in [-0.39, 0.29) is 12.6 Å². The second kappa shape index (κ2) is 9.30. The number of H-pyrrole nitrogens is 1. The first-order valence-corrected chi connectivity index (χ1v) is 12.0. The van der Waals surface area contributed by atoms with Crippen LogP contribution in [0.2, 0.25) is 0 Å². The molecule has 0 saturated carbocycles. The van der Waals surface area contributed by atoms with E-state index in [9.17, 15) is 13.2 Å². The second-order valence-corrected chi connectivity index (χ2v) is 9.03. The first kappa shape index (κ1) is 22.3. The van der Waals surface area contributed by atoms with E-state index in [0.717, 1.165) is 17.4 Å². The van der Waals surface area contributed by atoms with E-state index in [4.69, 9.17) is 0 Å². The molecule has 0 atom stereocenters. The van der Waals surface area contributed by atoms with Crippen molar-refractivity contribution in [3.63, 3.8) is 0 Å². The van der Waals surface area contributed by atoms with Gasteiger partial charge >= 0.3 is 6.03 Å². The lowest BCUT2D eigenvalue weighted by molar-refractivity contribution is 0.252. The highest BCUT2D eigenvalue weighted by Crippen LogP contribution is 2.32. The van der Waals surface area contributed by atoms with Gasteiger partial charge in [-0.05, 0) is 36.8 Å². The molecule has 4 aromatic rings. The minimum absolute atomic E-state index is 0.108. The highest BCUT2D eigenvalue weighted by molar-refractivity contribution is 7.88. The number of hydrogen-bond donors (Lipinski definition) is 4. The summed E-state index contributed by atoms with van der Waals surface area (Å²) >= 11 is 0. The van der Waals surface area contributed by atoms with Gasteiger partial charge in [0.05, 0.1) is 24.0 Å². The lowest BCUT2D eigenvalue weighted by Gasteiger charge is -2.07. The standard InChI is InChI=1S/C21H22N8O3S/c1-3-22-21(30)29-20-27-17-10-14(9-16(18(17)28-20)19-23-7-4-8-24-19)13-5-6-15(25-11-13)12-26-33(2,31)32/h4-11,26H,3,12H2,1-2H3,(H3,22,27,28,29,30). The van der Waals surface area contributed by atoms with E-state index < -0.39 is 10.0 Å². The number of rotatable bonds is 7. The number of nitrogens with one attached hydrogen (secondary N) is 4. The molecule has 0 bridgehead atoms. The summed E-state index contributed by atoms with van der Waals surface area (Å²) in [4.78, 5) is 32.6. The summed E-state index contributed by atoms with van der Waals surface area (Å²) in [6.07, 6.45) is 6.06. The number of anilines is 1. The molecule has 0 aliphatic rings. The molecule has 1 aromatic carbocycles. The fourth-order valence-electron chi connectivity index (χ4n) is 3.17. The zero-order valence-electron chi connectivity index (χ0n) is 18.0. The zero-order valence-corrected chi connectivity index (χ0v) is 18.8. The van der Waals surface area contributed by atoms with Crippen LogP contribution in [-0.2, 0) is 16.6 Å². The number of hydrogen-bond acceptors (Lipinski definition) is 7. The van der Waals surface area contributed by atoms with Crippen molar-refractivity contribution < 1.29 is 13.2 Å². The molecular formula is C21H22N8O3S. The minimum atomic E-state index is -3.30. The normalized spacial score (nSPS) is 11.5. The number of nitrogens with zero attached hydrogens (tertiary/aromatic N) is 4. The van der Waals surface area contributed by atoms with Crippen LogP contribution >= 0.6 is 0 Å². The van der Waals surface area contributed by atoms with Crippen LogP contribution in [0.1, 0.15) is 12.6 Å². The first-order chi connectivity index (χ1) is 15.8. The molecule has 170 valence electrons. The minimum Gasteiger partial charge on any atom is -0.338 e. The number of aromatic nitrogens is 5. The molecule has 12 heteroatoms. The molecule has 0 spiro atoms. The van der Waals surface area contributed by atoms with Crippen LogP contribution in [-0.4, -0.2) is 52.2 Å². The summed E-state index contributed by atoms with van der Waals surface area (Å²) in [5, 5.41) is 5.34. The van der Waals surface area contributed by atoms with Crippen molar-refractivity contribution in [1.82, 2.24) is 35.0 Å². The van der Waals surface area contributed by atoms with Gasteiger partial charge in [0, 0.05) is 36.3 Å². The van der Waals surface area contributed by atoms with E-state index in [1.165, 1.54) is 0 Å². The van der Waals surface area contributed by atoms with Gasteiger partial charge in [-0.3, -0.25) is 10.3 Å². The summed E-state index contributed by atoms with van der Waals surface area (Å²) in [6, 6.07) is 8.77. The molecule has 3 heterocycles. The van der Waals surface area contributed by atoms with Gasteiger partial charge in [0.15, 0.2) is 5.82 Å². The summed E-state index contributed by atoms with van der Waals surface area (Å²) < 4.78 is 25.0. The Balaban J connectivity index is 1.73. The van der Waals surface area contributed by atoms with Crippen molar-refractivity contribution in [3.05, 3.63) is 54.6 Å². The summed E-state index contributed by atoms with van der Waals surface area (Å²) in [6.45, 7) is 2.42. The fourth-order valence-corrected chi connectivity index (χ4v) is 3.58. The highest BCUT2D eigenvalue weighted by atomic mass is 32.2. The third kappa shape index (κ3) is 5.48. The molecular weight excluding hydrogens is 444 g/mol. The molecule has 0 radical (unpaired) electrons. The molecule has 33 heavy (non-hydrogen) atoms. The molecule has 0 saturated heterocycles. The maximum Gasteiger partial charge on any atom is 0.321 e. The Morgan fingerprint density at radius 2 is 1.88 bits per heavy atom. The van der Waals surface area contributed by atoms with Crippen molar-refractivity contribution >= 4 is 33.0 Å². The van der Waals surface area contributed by atoms with Gasteiger partial charge in [0.2, 0.25) is 16.0 Å². The lowest BCUT2D eigenvalue weighted by Crippen LogP contribution is -2.28. The lowest BCUT2D eigenvalue weighted by atomic mass is 10.0. The maximum absolute atomic E-state index is 11.9. The number of amides is 2. The Hall–Kier alpha value is -3.90. The maximum atomic E-state index is 11.9. The van der Waals surface area contributed by atoms with Crippen molar-refractivity contribution in [1.29, 1.82) is 0 Å². The van der Waals surface area contributed by atoms with Gasteiger partial charge in [-0.2, -0.15) is 0 Å². The van der Waals surface area contributed by atoms with E-state index in [0.29, 0.717) is 40.6 Å². The molecule has 0 unspecified atom stereocenters. The number of pyridine rings is 1. The van der Waals surface area contributed by atoms with Crippen molar-refractivity contribution in [2.75, 3.05) is 18.1 Å². The SMILES string of the molecule is CCNC(=O)Nc1nc2c(-c3ncccn3)cc(-c3ccc(CNS(C)(=O)=O)nc3)cc2[nH]1. The summed E-state index contributed by atoms with van der Waals surface area (Å²) in [5.74, 6) is 0.785. The van der Waals surface area contributed by atoms with Crippen molar-refractivity contribution in [2.24, 2.45) is 0 Å². The number of imidazole rings is 1. The average Bonchev–Trinajstić information content (AvgIpc) is 3.20. The largest absolute Gasteiger partial charge is 0.338 e. The van der Waals surface area contributed by atoms with Crippen LogP contribution in [0.25, 0.3) is 33.5 Å². The van der Waals surface area contributed by atoms with Gasteiger partial charge in [0.25, 0.3) is 0 Å². The Labute approximate surface area is 190 Å². The monoisotopic (exact) mass is 466 g/mol. The Bertz CT molecular complexity index is 1390. The fraction of sp³-hybridized carbons (Fsp3) is 0.190. The van der Waals surface area contributed by atoms with Crippen LogP contribution in [0.15, 0.2) is 48.9 Å². The molecule has 2 amide bonds. The average molecular weight is 467 g/mol. The third-order valence-corrected chi connectivity index (χ3v) is 5.30. The van der Waals surface area contributed by atoms with E-state index in [2.05, 4.69) is 40.3 Å². The molecule has 4 rings (SSSR count). The topological polar surface area (TPSA) is 155 Å². The van der Waals surface area contributed by atoms with Gasteiger partial charge < -0.3 is 10.3 Å². The number of benzene rings is 1. The Morgan fingerprint density at radius 3 is 2.55 bits per heavy atom. The number of aromatic amines is 1. The second-order valence-electron chi connectivity index (χ2n) is 7.19. The molecule has 11 nitrogen and oxygen atoms in total. The van der Waals surface area contributed by atoms with Gasteiger partial charge in [-0.15, -0.1) is 0 Å². The van der Waals surface area contributed by atoms with Gasteiger partial charge in [-0.25, -0.2) is 32.9 Å². The molecule has 0 fully saturated rings. The van der Waals surface area contributed by atoms with Gasteiger partial charge in [0.1, 0.15) is 5.52 Å². The van der Waals surface area contributed by atoms with Crippen LogP contribution in [0.5, 0.6) is 0 Å². The Kier molecular flexibility index (Phi) is 6.29. The molecule has 4 N–H and O–H groups in total. The number of sulfonamides is 1. The molecule has 3 aromatic heterocycles. The van der Waals surface area contributed by atoms with Crippen LogP contribution in [0.3, 0.4) is 0 Å². The first-order valence-electron chi connectivity index (χ1n) is 10.1. The zero-order chi connectivity index (χ0) is 23.4. The molecule has 0 aliphatic carbocycles. The molecule has 0 aliphatic heterocycles. The predicted molar refractivity (Wildman–Crippen MR) is 125 cm³/mol. The number of carbonyl (C=O) groups is 1. The van der Waals surface area contributed by atoms with Crippen molar-refractivity contribution in [3.8, 4) is 22.5 Å². The smallest absolute Gasteiger partial charge is 0.321 e. The van der Waals surface area contributed by atoms with E-state index >= 15 is 0 Å². The summed E-state index contributed by atoms with van der Waals surface area (Å²) in [5.41, 5.74) is 4.21.